The molecule has 142 valence electrons. The summed E-state index contributed by atoms with van der Waals surface area (Å²) >= 11 is 1.66. The molecule has 0 aromatic carbocycles. The third-order valence-corrected chi connectivity index (χ3v) is 6.34. The van der Waals surface area contributed by atoms with Crippen LogP contribution in [-0.2, 0) is 17.9 Å². The number of carbonyl (C=O) groups excluding carboxylic acids is 1. The largest absolute Gasteiger partial charge is 0.341 e. The lowest BCUT2D eigenvalue weighted by Gasteiger charge is -2.30. The Morgan fingerprint density at radius 1 is 1.48 bits per heavy atom. The predicted octanol–water partition coefficient (Wildman–Crippen LogP) is 3.17. The molecule has 0 spiro atoms. The number of fused-ring (bicyclic) bond motifs is 3. The molecule has 0 bridgehead atoms. The number of likely N-dealkylation sites (tertiary alicyclic amines) is 1. The Morgan fingerprint density at radius 3 is 3.04 bits per heavy atom. The number of aromatic nitrogens is 3. The zero-order valence-electron chi connectivity index (χ0n) is 15.8. The number of hydrogen-bond acceptors (Lipinski definition) is 4. The molecule has 3 aromatic rings. The monoisotopic (exact) mass is 384 g/mol. The maximum Gasteiger partial charge on any atom is 0.291 e. The van der Waals surface area contributed by atoms with Crippen LogP contribution in [0, 0.1) is 12.8 Å². The zero-order valence-corrected chi connectivity index (χ0v) is 16.6. The van der Waals surface area contributed by atoms with Gasteiger partial charge in [0.15, 0.2) is 0 Å². The quantitative estimate of drug-likeness (QED) is 0.649. The summed E-state index contributed by atoms with van der Waals surface area (Å²) in [5.74, 6) is 0.477. The number of carbonyl (C=O) groups is 1. The first-order valence-electron chi connectivity index (χ1n) is 9.36. The first-order chi connectivity index (χ1) is 13.0. The molecule has 27 heavy (non-hydrogen) atoms. The Bertz CT molecular complexity index is 1090. The summed E-state index contributed by atoms with van der Waals surface area (Å²) in [4.78, 5) is 28.9. The molecule has 1 saturated heterocycles. The summed E-state index contributed by atoms with van der Waals surface area (Å²) in [5, 5.41) is 5.17. The highest BCUT2D eigenvalue weighted by atomic mass is 32.1. The smallest absolute Gasteiger partial charge is 0.291 e. The van der Waals surface area contributed by atoms with E-state index >= 15 is 0 Å². The summed E-state index contributed by atoms with van der Waals surface area (Å²) in [7, 11) is 0. The van der Waals surface area contributed by atoms with Gasteiger partial charge in [0.1, 0.15) is 12.1 Å². The molecule has 0 radical (unpaired) electrons. The molecule has 1 fully saturated rings. The molecular formula is C20H24N4O2S. The first-order valence-corrected chi connectivity index (χ1v) is 10.2. The summed E-state index contributed by atoms with van der Waals surface area (Å²) in [6.07, 6.45) is 5.68. The van der Waals surface area contributed by atoms with Crippen LogP contribution in [0.5, 0.6) is 0 Å². The van der Waals surface area contributed by atoms with E-state index in [1.54, 1.807) is 23.6 Å². The van der Waals surface area contributed by atoms with Crippen molar-refractivity contribution in [1.82, 2.24) is 19.2 Å². The topological polar surface area (TPSA) is 60.1 Å². The number of rotatable bonds is 4. The molecule has 6 nitrogen and oxygen atoms in total. The highest BCUT2D eigenvalue weighted by Crippen LogP contribution is 2.33. The second-order valence-corrected chi connectivity index (χ2v) is 8.68. The van der Waals surface area contributed by atoms with E-state index in [1.807, 2.05) is 9.47 Å². The fourth-order valence-electron chi connectivity index (χ4n) is 4.00. The van der Waals surface area contributed by atoms with Crippen molar-refractivity contribution >= 4 is 38.4 Å². The van der Waals surface area contributed by atoms with Gasteiger partial charge >= 0.3 is 0 Å². The van der Waals surface area contributed by atoms with E-state index in [0.717, 1.165) is 41.5 Å². The molecule has 0 N–H and O–H groups in total. The van der Waals surface area contributed by atoms with Gasteiger partial charge in [-0.2, -0.15) is 5.10 Å². The van der Waals surface area contributed by atoms with Crippen LogP contribution in [0.2, 0.25) is 0 Å². The van der Waals surface area contributed by atoms with Gasteiger partial charge in [0.2, 0.25) is 5.91 Å². The van der Waals surface area contributed by atoms with Crippen molar-refractivity contribution in [2.24, 2.45) is 5.92 Å². The molecule has 0 aliphatic carbocycles. The highest BCUT2D eigenvalue weighted by Gasteiger charge is 2.23. The Kier molecular flexibility index (Phi) is 4.63. The van der Waals surface area contributed by atoms with Gasteiger partial charge in [-0.25, -0.2) is 4.68 Å². The Balaban J connectivity index is 1.75. The minimum absolute atomic E-state index is 0.00651. The highest BCUT2D eigenvalue weighted by molar-refractivity contribution is 7.20. The maximum absolute atomic E-state index is 13.1. The Hall–Kier alpha value is -2.41. The molecule has 7 heteroatoms. The molecule has 3 aromatic heterocycles. The number of amides is 1. The zero-order chi connectivity index (χ0) is 19.1. The van der Waals surface area contributed by atoms with Gasteiger partial charge in [0.05, 0.1) is 16.4 Å². The average molecular weight is 385 g/mol. The van der Waals surface area contributed by atoms with Crippen molar-refractivity contribution in [2.45, 2.75) is 39.8 Å². The van der Waals surface area contributed by atoms with E-state index in [0.29, 0.717) is 18.0 Å². The minimum Gasteiger partial charge on any atom is -0.341 e. The Labute approximate surface area is 161 Å². The van der Waals surface area contributed by atoms with Crippen LogP contribution in [-0.4, -0.2) is 38.2 Å². The standard InChI is InChI=1S/C20H24N4O2S/c1-4-7-23-16-9-14(3)27-19(16)15-10-21-24(20(26)18(15)23)12-17(25)22-8-5-6-13(2)11-22/h4,9-10,13H,1,5-8,11-12H2,2-3H3/t13-/m0/s1. The lowest BCUT2D eigenvalue weighted by molar-refractivity contribution is -0.133. The molecular weight excluding hydrogens is 360 g/mol. The van der Waals surface area contributed by atoms with Crippen molar-refractivity contribution in [2.75, 3.05) is 13.1 Å². The summed E-state index contributed by atoms with van der Waals surface area (Å²) in [5.41, 5.74) is 1.42. The Morgan fingerprint density at radius 2 is 2.30 bits per heavy atom. The van der Waals surface area contributed by atoms with Crippen LogP contribution in [0.15, 0.2) is 29.7 Å². The van der Waals surface area contributed by atoms with Gasteiger partial charge in [0, 0.05) is 29.9 Å². The molecule has 4 rings (SSSR count). The van der Waals surface area contributed by atoms with Gasteiger partial charge in [-0.3, -0.25) is 9.59 Å². The van der Waals surface area contributed by atoms with Gasteiger partial charge in [-0.15, -0.1) is 17.9 Å². The minimum atomic E-state index is -0.214. The number of piperidine rings is 1. The van der Waals surface area contributed by atoms with Crippen molar-refractivity contribution < 1.29 is 4.79 Å². The predicted molar refractivity (Wildman–Crippen MR) is 109 cm³/mol. The van der Waals surface area contributed by atoms with Crippen molar-refractivity contribution in [3.63, 3.8) is 0 Å². The van der Waals surface area contributed by atoms with Crippen molar-refractivity contribution in [3.8, 4) is 0 Å². The summed E-state index contributed by atoms with van der Waals surface area (Å²) < 4.78 is 4.35. The first kappa shape index (κ1) is 18.0. The van der Waals surface area contributed by atoms with Gasteiger partial charge in [-0.05, 0) is 31.7 Å². The number of nitrogens with zero attached hydrogens (tertiary/aromatic N) is 4. The third kappa shape index (κ3) is 3.10. The SMILES string of the molecule is C=CCn1c2cc(C)sc2c2cnn(CC(=O)N3CCC[C@H](C)C3)c(=O)c21. The van der Waals surface area contributed by atoms with Gasteiger partial charge < -0.3 is 9.47 Å². The molecule has 1 aliphatic rings. The lowest BCUT2D eigenvalue weighted by atomic mass is 10.0. The maximum atomic E-state index is 13.1. The second-order valence-electron chi connectivity index (χ2n) is 7.43. The number of allylic oxidation sites excluding steroid dienone is 1. The normalized spacial score (nSPS) is 17.7. The van der Waals surface area contributed by atoms with Gasteiger partial charge in [-0.1, -0.05) is 13.0 Å². The lowest BCUT2D eigenvalue weighted by Crippen LogP contribution is -2.42. The molecule has 1 atom stereocenters. The van der Waals surface area contributed by atoms with E-state index in [2.05, 4.69) is 31.6 Å². The van der Waals surface area contributed by atoms with E-state index in [9.17, 15) is 9.59 Å². The number of hydrogen-bond donors (Lipinski definition) is 0. The van der Waals surface area contributed by atoms with Crippen LogP contribution in [0.25, 0.3) is 21.1 Å². The number of thiophene rings is 1. The van der Waals surface area contributed by atoms with E-state index in [-0.39, 0.29) is 18.0 Å². The van der Waals surface area contributed by atoms with Crippen molar-refractivity contribution in [1.29, 1.82) is 0 Å². The van der Waals surface area contributed by atoms with E-state index in [4.69, 9.17) is 0 Å². The second kappa shape index (κ2) is 6.96. The number of aryl methyl sites for hydroxylation is 1. The third-order valence-electron chi connectivity index (χ3n) is 5.27. The van der Waals surface area contributed by atoms with Gasteiger partial charge in [0.25, 0.3) is 5.56 Å². The fraction of sp³-hybridized carbons (Fsp3) is 0.450. The van der Waals surface area contributed by atoms with E-state index < -0.39 is 0 Å². The summed E-state index contributed by atoms with van der Waals surface area (Å²) in [6, 6.07) is 2.09. The van der Waals surface area contributed by atoms with Crippen LogP contribution >= 0.6 is 11.3 Å². The molecule has 1 aliphatic heterocycles. The fourth-order valence-corrected chi connectivity index (χ4v) is 5.02. The van der Waals surface area contributed by atoms with Crippen LogP contribution in [0.1, 0.15) is 24.6 Å². The molecule has 4 heterocycles. The van der Waals surface area contributed by atoms with E-state index in [1.165, 1.54) is 9.56 Å². The van der Waals surface area contributed by atoms with Crippen LogP contribution in [0.3, 0.4) is 0 Å². The molecule has 0 saturated carbocycles. The average Bonchev–Trinajstić information content (AvgIpc) is 3.14. The van der Waals surface area contributed by atoms with Crippen LogP contribution < -0.4 is 5.56 Å². The summed E-state index contributed by atoms with van der Waals surface area (Å²) in [6.45, 7) is 10.1. The van der Waals surface area contributed by atoms with Crippen molar-refractivity contribution in [3.05, 3.63) is 40.1 Å². The molecule has 0 unspecified atom stereocenters. The molecule has 1 amide bonds. The van der Waals surface area contributed by atoms with Crippen LogP contribution in [0.4, 0.5) is 0 Å².